The minimum Gasteiger partial charge on any atom is -0.485 e. The zero-order valence-electron chi connectivity index (χ0n) is 14.6. The zero-order valence-corrected chi connectivity index (χ0v) is 15.4. The minimum absolute atomic E-state index is 0.00197. The molecule has 1 atom stereocenters. The van der Waals surface area contributed by atoms with Crippen LogP contribution in [-0.4, -0.2) is 45.5 Å². The standard InChI is InChI=1S/C19H16N4O4S/c24-16(11-28-19-21-17(22-23-19)12-6-2-1-3-7-12)20-18(25)15-10-26-13-8-4-5-9-14(13)27-15/h1-9,15H,10-11H2,(H,20,24,25)(H,21,22,23)/t15-/m0/s1. The Balaban J connectivity index is 1.28. The Morgan fingerprint density at radius 1 is 1.11 bits per heavy atom. The predicted molar refractivity (Wildman–Crippen MR) is 102 cm³/mol. The summed E-state index contributed by atoms with van der Waals surface area (Å²) >= 11 is 1.13. The monoisotopic (exact) mass is 396 g/mol. The number of para-hydroxylation sites is 2. The summed E-state index contributed by atoms with van der Waals surface area (Å²) in [5.41, 5.74) is 0.899. The van der Waals surface area contributed by atoms with Crippen molar-refractivity contribution >= 4 is 23.6 Å². The SMILES string of the molecule is O=C(CSc1n[nH]c(-c2ccccc2)n1)NC(=O)[C@@H]1COc2ccccc2O1. The number of hydrogen-bond acceptors (Lipinski definition) is 7. The Bertz CT molecular complexity index is 992. The van der Waals surface area contributed by atoms with Gasteiger partial charge in [0.15, 0.2) is 17.3 Å². The lowest BCUT2D eigenvalue weighted by molar-refractivity contribution is -0.135. The number of H-pyrrole nitrogens is 1. The summed E-state index contributed by atoms with van der Waals surface area (Å²) < 4.78 is 11.1. The van der Waals surface area contributed by atoms with Crippen molar-refractivity contribution in [3.63, 3.8) is 0 Å². The number of imide groups is 1. The lowest BCUT2D eigenvalue weighted by Gasteiger charge is -2.25. The number of ether oxygens (including phenoxy) is 2. The van der Waals surface area contributed by atoms with Crippen molar-refractivity contribution in [2.24, 2.45) is 0 Å². The maximum absolute atomic E-state index is 12.2. The molecule has 142 valence electrons. The van der Waals surface area contributed by atoms with Crippen molar-refractivity contribution in [1.82, 2.24) is 20.5 Å². The number of nitrogens with one attached hydrogen (secondary N) is 2. The van der Waals surface area contributed by atoms with Crippen molar-refractivity contribution in [2.75, 3.05) is 12.4 Å². The third kappa shape index (κ3) is 4.15. The number of carbonyl (C=O) groups is 2. The summed E-state index contributed by atoms with van der Waals surface area (Å²) in [4.78, 5) is 28.6. The lowest BCUT2D eigenvalue weighted by Crippen LogP contribution is -2.46. The van der Waals surface area contributed by atoms with E-state index >= 15 is 0 Å². The summed E-state index contributed by atoms with van der Waals surface area (Å²) in [5.74, 6) is 0.675. The highest BCUT2D eigenvalue weighted by atomic mass is 32.2. The largest absolute Gasteiger partial charge is 0.485 e. The first kappa shape index (κ1) is 18.1. The highest BCUT2D eigenvalue weighted by molar-refractivity contribution is 7.99. The quantitative estimate of drug-likeness (QED) is 0.636. The average molecular weight is 396 g/mol. The van der Waals surface area contributed by atoms with Crippen LogP contribution in [0.3, 0.4) is 0 Å². The lowest BCUT2D eigenvalue weighted by atomic mass is 10.2. The van der Waals surface area contributed by atoms with Crippen molar-refractivity contribution < 1.29 is 19.1 Å². The topological polar surface area (TPSA) is 106 Å². The molecule has 1 aliphatic rings. The van der Waals surface area contributed by atoms with Crippen LogP contribution in [0.25, 0.3) is 11.4 Å². The number of benzene rings is 2. The normalized spacial score (nSPS) is 15.1. The first-order chi connectivity index (χ1) is 13.7. The smallest absolute Gasteiger partial charge is 0.271 e. The molecule has 0 aliphatic carbocycles. The molecule has 8 nitrogen and oxygen atoms in total. The van der Waals surface area contributed by atoms with Gasteiger partial charge in [-0.1, -0.05) is 54.2 Å². The van der Waals surface area contributed by atoms with E-state index in [9.17, 15) is 9.59 Å². The van der Waals surface area contributed by atoms with Crippen LogP contribution in [-0.2, 0) is 9.59 Å². The van der Waals surface area contributed by atoms with Gasteiger partial charge in [0.1, 0.15) is 6.61 Å². The number of fused-ring (bicyclic) bond motifs is 1. The van der Waals surface area contributed by atoms with E-state index < -0.39 is 17.9 Å². The number of aromatic amines is 1. The summed E-state index contributed by atoms with van der Waals surface area (Å²) in [5, 5.41) is 9.65. The van der Waals surface area contributed by atoms with E-state index in [1.165, 1.54) is 0 Å². The molecule has 2 aromatic carbocycles. The van der Waals surface area contributed by atoms with Crippen LogP contribution < -0.4 is 14.8 Å². The van der Waals surface area contributed by atoms with Crippen LogP contribution in [0.1, 0.15) is 0 Å². The molecule has 2 N–H and O–H groups in total. The van der Waals surface area contributed by atoms with Crippen LogP contribution in [0.2, 0.25) is 0 Å². The number of aromatic nitrogens is 3. The van der Waals surface area contributed by atoms with Crippen molar-refractivity contribution in [2.45, 2.75) is 11.3 Å². The summed E-state index contributed by atoms with van der Waals surface area (Å²) in [7, 11) is 0. The molecule has 0 spiro atoms. The Morgan fingerprint density at radius 3 is 2.68 bits per heavy atom. The van der Waals surface area contributed by atoms with Gasteiger partial charge in [-0.2, -0.15) is 0 Å². The number of thioether (sulfide) groups is 1. The average Bonchev–Trinajstić information content (AvgIpc) is 3.22. The van der Waals surface area contributed by atoms with Crippen LogP contribution >= 0.6 is 11.8 Å². The molecule has 0 fully saturated rings. The molecule has 4 rings (SSSR count). The van der Waals surface area contributed by atoms with Gasteiger partial charge in [0.2, 0.25) is 17.2 Å². The van der Waals surface area contributed by atoms with Crippen molar-refractivity contribution in [3.8, 4) is 22.9 Å². The van der Waals surface area contributed by atoms with Gasteiger partial charge in [0, 0.05) is 5.56 Å². The van der Waals surface area contributed by atoms with Gasteiger partial charge < -0.3 is 9.47 Å². The van der Waals surface area contributed by atoms with Gasteiger partial charge in [-0.3, -0.25) is 20.0 Å². The van der Waals surface area contributed by atoms with Crippen molar-refractivity contribution in [1.29, 1.82) is 0 Å². The maximum Gasteiger partial charge on any atom is 0.271 e. The number of hydrogen-bond donors (Lipinski definition) is 2. The summed E-state index contributed by atoms with van der Waals surface area (Å²) in [6.45, 7) is 0.0463. The molecule has 9 heteroatoms. The van der Waals surface area contributed by atoms with E-state index in [4.69, 9.17) is 9.47 Å². The first-order valence-corrected chi connectivity index (χ1v) is 9.50. The molecule has 28 heavy (non-hydrogen) atoms. The number of carbonyl (C=O) groups excluding carboxylic acids is 2. The van der Waals surface area contributed by atoms with E-state index in [0.29, 0.717) is 22.5 Å². The second-order valence-electron chi connectivity index (χ2n) is 5.90. The maximum atomic E-state index is 12.2. The fourth-order valence-electron chi connectivity index (χ4n) is 2.57. The molecular weight excluding hydrogens is 380 g/mol. The molecule has 2 amide bonds. The number of nitrogens with zero attached hydrogens (tertiary/aromatic N) is 2. The van der Waals surface area contributed by atoms with Gasteiger partial charge in [-0.15, -0.1) is 5.10 Å². The van der Waals surface area contributed by atoms with Gasteiger partial charge in [-0.05, 0) is 12.1 Å². The Kier molecular flexibility index (Phi) is 5.24. The van der Waals surface area contributed by atoms with E-state index in [-0.39, 0.29) is 12.4 Å². The summed E-state index contributed by atoms with van der Waals surface area (Å²) in [6, 6.07) is 16.6. The minimum atomic E-state index is -0.878. The second kappa shape index (κ2) is 8.13. The molecule has 1 aliphatic heterocycles. The van der Waals surface area contributed by atoms with Crippen LogP contribution in [0.4, 0.5) is 0 Å². The molecule has 2 heterocycles. The molecular formula is C19H16N4O4S. The zero-order chi connectivity index (χ0) is 19.3. The molecule has 0 radical (unpaired) electrons. The van der Waals surface area contributed by atoms with Gasteiger partial charge in [-0.25, -0.2) is 4.98 Å². The van der Waals surface area contributed by atoms with Gasteiger partial charge in [0.05, 0.1) is 5.75 Å². The van der Waals surface area contributed by atoms with E-state index in [0.717, 1.165) is 17.3 Å². The van der Waals surface area contributed by atoms with E-state index in [1.807, 2.05) is 36.4 Å². The second-order valence-corrected chi connectivity index (χ2v) is 6.84. The number of amides is 2. The van der Waals surface area contributed by atoms with Gasteiger partial charge >= 0.3 is 0 Å². The highest BCUT2D eigenvalue weighted by Crippen LogP contribution is 2.30. The number of rotatable bonds is 5. The third-order valence-corrected chi connectivity index (χ3v) is 4.76. The van der Waals surface area contributed by atoms with Crippen LogP contribution in [0, 0.1) is 0 Å². The molecule has 0 bridgehead atoms. The third-order valence-electron chi connectivity index (χ3n) is 3.91. The Morgan fingerprint density at radius 2 is 1.86 bits per heavy atom. The highest BCUT2D eigenvalue weighted by Gasteiger charge is 2.28. The van der Waals surface area contributed by atoms with Crippen LogP contribution in [0.5, 0.6) is 11.5 Å². The molecule has 0 saturated heterocycles. The molecule has 1 aromatic heterocycles. The summed E-state index contributed by atoms with van der Waals surface area (Å²) in [6.07, 6.45) is -0.878. The van der Waals surface area contributed by atoms with Gasteiger partial charge in [0.25, 0.3) is 5.91 Å². The Labute approximate surface area is 164 Å². The van der Waals surface area contributed by atoms with E-state index in [2.05, 4.69) is 20.5 Å². The molecule has 3 aromatic rings. The first-order valence-electron chi connectivity index (χ1n) is 8.52. The predicted octanol–water partition coefficient (Wildman–Crippen LogP) is 2.05. The fraction of sp³-hybridized carbons (Fsp3) is 0.158. The fourth-order valence-corrected chi connectivity index (χ4v) is 3.17. The molecule has 0 unspecified atom stereocenters. The van der Waals surface area contributed by atoms with Crippen molar-refractivity contribution in [3.05, 3.63) is 54.6 Å². The van der Waals surface area contributed by atoms with E-state index in [1.54, 1.807) is 18.2 Å². The molecule has 0 saturated carbocycles. The van der Waals surface area contributed by atoms with Crippen LogP contribution in [0.15, 0.2) is 59.8 Å². The Hall–Kier alpha value is -3.33.